The summed E-state index contributed by atoms with van der Waals surface area (Å²) in [6.07, 6.45) is 20.0. The largest absolute Gasteiger partial charge is 0.353 e. The number of rotatable bonds is 3. The van der Waals surface area contributed by atoms with Crippen LogP contribution in [0.4, 0.5) is 0 Å². The minimum atomic E-state index is 0.121. The summed E-state index contributed by atoms with van der Waals surface area (Å²) in [6.45, 7) is 17.2. The molecule has 5 unspecified atom stereocenters. The van der Waals surface area contributed by atoms with Gasteiger partial charge in [-0.1, -0.05) is 52.8 Å². The van der Waals surface area contributed by atoms with Crippen molar-refractivity contribution in [1.29, 1.82) is 0 Å². The van der Waals surface area contributed by atoms with Crippen molar-refractivity contribution in [2.24, 2.45) is 33.6 Å². The molecule has 0 bridgehead atoms. The zero-order valence-electron chi connectivity index (χ0n) is 23.4. The highest BCUT2D eigenvalue weighted by atomic mass is 16.1. The number of carbonyl (C=O) groups excluding carboxylic acids is 1. The van der Waals surface area contributed by atoms with Crippen LogP contribution in [0.2, 0.25) is 0 Å². The van der Waals surface area contributed by atoms with Crippen LogP contribution in [0.25, 0.3) is 5.57 Å². The fourth-order valence-electron chi connectivity index (χ4n) is 7.51. The van der Waals surface area contributed by atoms with Crippen LogP contribution in [-0.2, 0) is 11.2 Å². The number of aryl methyl sites for hydroxylation is 1. The lowest BCUT2D eigenvalue weighted by Crippen LogP contribution is -2.49. The average molecular weight is 490 g/mol. The molecule has 4 aliphatic rings. The lowest BCUT2D eigenvalue weighted by atomic mass is 9.47. The highest BCUT2D eigenvalue weighted by Gasteiger charge is 2.56. The molecule has 36 heavy (non-hydrogen) atoms. The number of fused-ring (bicyclic) bond motifs is 5. The zero-order valence-corrected chi connectivity index (χ0v) is 23.4. The summed E-state index contributed by atoms with van der Waals surface area (Å²) in [5, 5.41) is 3.08. The van der Waals surface area contributed by atoms with Gasteiger partial charge in [-0.15, -0.1) is 0 Å². The number of nitrogens with zero attached hydrogens (tertiary/aromatic N) is 2. The lowest BCUT2D eigenvalue weighted by Gasteiger charge is -2.57. The Morgan fingerprint density at radius 1 is 1.17 bits per heavy atom. The predicted molar refractivity (Wildman–Crippen MR) is 153 cm³/mol. The Morgan fingerprint density at radius 3 is 2.61 bits per heavy atom. The molecule has 196 valence electrons. The average Bonchev–Trinajstić information content (AvgIpc) is 3.17. The molecule has 1 amide bonds. The summed E-state index contributed by atoms with van der Waals surface area (Å²) < 4.78 is 0. The summed E-state index contributed by atoms with van der Waals surface area (Å²) in [5.41, 5.74) is 6.11. The number of carbonyl (C=O) groups is 1. The maximum Gasteiger partial charge on any atom is 0.243 e. The second-order valence-electron chi connectivity index (χ2n) is 10.9. The normalized spacial score (nSPS) is 32.6. The summed E-state index contributed by atoms with van der Waals surface area (Å²) in [5.74, 6) is 2.32. The Labute approximate surface area is 219 Å². The van der Waals surface area contributed by atoms with E-state index < -0.39 is 0 Å². The van der Waals surface area contributed by atoms with Gasteiger partial charge in [-0.05, 0) is 103 Å². The molecule has 1 aromatic rings. The molecule has 0 spiro atoms. The van der Waals surface area contributed by atoms with E-state index in [2.05, 4.69) is 61.0 Å². The standard InChI is InChI=1S/C26H34N2O.C4H7N.C2H6/c1-4-17-13-18(16-27-15-17)21-7-8-22-20-6-5-19-14-24(29)28-12-11-25(19,2)23(20)9-10-26(21,22)3;1-3-5-4-2;1-2/h7,13-16,20,22-23H,4-6,8-12H2,1-3H3,(H,28,29);3-4H,1H2,2H3;1-2H3. The van der Waals surface area contributed by atoms with Crippen LogP contribution in [0.5, 0.6) is 0 Å². The van der Waals surface area contributed by atoms with E-state index in [4.69, 9.17) is 0 Å². The van der Waals surface area contributed by atoms with Crippen LogP contribution in [0.1, 0.15) is 91.2 Å². The fourth-order valence-corrected chi connectivity index (χ4v) is 7.51. The van der Waals surface area contributed by atoms with Crippen LogP contribution >= 0.6 is 0 Å². The minimum absolute atomic E-state index is 0.121. The molecule has 4 heteroatoms. The highest BCUT2D eigenvalue weighted by molar-refractivity contribution is 5.88. The van der Waals surface area contributed by atoms with E-state index in [0.29, 0.717) is 5.92 Å². The maximum absolute atomic E-state index is 12.1. The first kappa shape index (κ1) is 28.1. The number of aliphatic imine (C=N–C) groups is 1. The van der Waals surface area contributed by atoms with Crippen LogP contribution in [0.15, 0.2) is 54.0 Å². The van der Waals surface area contributed by atoms with Gasteiger partial charge in [0.15, 0.2) is 0 Å². The van der Waals surface area contributed by atoms with Crippen molar-refractivity contribution in [2.75, 3.05) is 6.54 Å². The molecule has 2 heterocycles. The van der Waals surface area contributed by atoms with Gasteiger partial charge in [-0.2, -0.15) is 0 Å². The third-order valence-corrected chi connectivity index (χ3v) is 9.33. The SMILES string of the molecule is C=CN=CC.CC.CCc1cncc(C2=CCC3C4CCC5=CC(=O)NCCC5(C)C4CCC23C)c1. The van der Waals surface area contributed by atoms with Crippen molar-refractivity contribution < 1.29 is 4.79 Å². The Morgan fingerprint density at radius 2 is 1.94 bits per heavy atom. The number of hydrogen-bond acceptors (Lipinski definition) is 3. The molecule has 5 rings (SSSR count). The van der Waals surface area contributed by atoms with Gasteiger partial charge in [-0.3, -0.25) is 14.8 Å². The number of aromatic nitrogens is 1. The van der Waals surface area contributed by atoms with Crippen molar-refractivity contribution >= 4 is 17.7 Å². The molecule has 4 nitrogen and oxygen atoms in total. The fraction of sp³-hybridized carbons (Fsp3) is 0.594. The van der Waals surface area contributed by atoms with Gasteiger partial charge in [-0.25, -0.2) is 0 Å². The number of pyridine rings is 1. The predicted octanol–water partition coefficient (Wildman–Crippen LogP) is 7.57. The molecular weight excluding hydrogens is 442 g/mol. The van der Waals surface area contributed by atoms with Crippen LogP contribution in [-0.4, -0.2) is 23.7 Å². The van der Waals surface area contributed by atoms with Crippen molar-refractivity contribution in [3.63, 3.8) is 0 Å². The molecule has 1 aromatic heterocycles. The van der Waals surface area contributed by atoms with Crippen molar-refractivity contribution in [3.8, 4) is 0 Å². The molecule has 0 radical (unpaired) electrons. The second-order valence-corrected chi connectivity index (χ2v) is 10.9. The van der Waals surface area contributed by atoms with Crippen molar-refractivity contribution in [3.05, 3.63) is 60.1 Å². The van der Waals surface area contributed by atoms with E-state index in [1.54, 1.807) is 11.8 Å². The van der Waals surface area contributed by atoms with Gasteiger partial charge >= 0.3 is 0 Å². The van der Waals surface area contributed by atoms with Gasteiger partial charge < -0.3 is 5.32 Å². The van der Waals surface area contributed by atoms with Gasteiger partial charge in [0.2, 0.25) is 5.91 Å². The van der Waals surface area contributed by atoms with Gasteiger partial charge in [0, 0.05) is 37.4 Å². The molecule has 2 saturated carbocycles. The molecule has 1 aliphatic heterocycles. The molecular formula is C32H47N3O. The van der Waals surface area contributed by atoms with E-state index in [1.165, 1.54) is 48.6 Å². The molecule has 0 saturated heterocycles. The Bertz CT molecular complexity index is 1020. The topological polar surface area (TPSA) is 54.4 Å². The monoisotopic (exact) mass is 489 g/mol. The molecule has 1 N–H and O–H groups in total. The van der Waals surface area contributed by atoms with Gasteiger partial charge in [0.1, 0.15) is 0 Å². The Balaban J connectivity index is 0.000000463. The summed E-state index contributed by atoms with van der Waals surface area (Å²) in [7, 11) is 0. The highest BCUT2D eigenvalue weighted by Crippen LogP contribution is 2.66. The van der Waals surface area contributed by atoms with E-state index in [9.17, 15) is 4.79 Å². The van der Waals surface area contributed by atoms with Gasteiger partial charge in [0.05, 0.1) is 0 Å². The van der Waals surface area contributed by atoms with E-state index in [0.717, 1.165) is 37.6 Å². The first-order chi connectivity index (χ1) is 17.4. The lowest BCUT2D eigenvalue weighted by molar-refractivity contribution is -0.116. The number of amides is 1. The number of nitrogens with one attached hydrogen (secondary N) is 1. The quantitative estimate of drug-likeness (QED) is 0.445. The molecule has 2 fully saturated rings. The Hall–Kier alpha value is -2.49. The molecule has 3 aliphatic carbocycles. The smallest absolute Gasteiger partial charge is 0.243 e. The van der Waals surface area contributed by atoms with Gasteiger partial charge in [0.25, 0.3) is 0 Å². The first-order valence-electron chi connectivity index (χ1n) is 14.1. The van der Waals surface area contributed by atoms with E-state index in [1.807, 2.05) is 33.0 Å². The zero-order chi connectivity index (χ0) is 26.3. The second kappa shape index (κ2) is 12.2. The number of hydrogen-bond donors (Lipinski definition) is 1. The third kappa shape index (κ3) is 5.28. The van der Waals surface area contributed by atoms with E-state index in [-0.39, 0.29) is 16.7 Å². The summed E-state index contributed by atoms with van der Waals surface area (Å²) >= 11 is 0. The van der Waals surface area contributed by atoms with E-state index >= 15 is 0 Å². The molecule has 5 atom stereocenters. The Kier molecular flexibility index (Phi) is 9.49. The summed E-state index contributed by atoms with van der Waals surface area (Å²) in [4.78, 5) is 20.3. The number of allylic oxidation sites excluding steroid dienone is 3. The first-order valence-corrected chi connectivity index (χ1v) is 14.1. The summed E-state index contributed by atoms with van der Waals surface area (Å²) in [6, 6.07) is 2.37. The van der Waals surface area contributed by atoms with Crippen LogP contribution in [0.3, 0.4) is 0 Å². The van der Waals surface area contributed by atoms with Crippen molar-refractivity contribution in [1.82, 2.24) is 10.3 Å². The third-order valence-electron chi connectivity index (χ3n) is 9.33. The molecule has 0 aromatic carbocycles. The van der Waals surface area contributed by atoms with Crippen molar-refractivity contribution in [2.45, 2.75) is 86.5 Å². The van der Waals surface area contributed by atoms with Crippen LogP contribution < -0.4 is 5.32 Å². The maximum atomic E-state index is 12.1. The van der Waals surface area contributed by atoms with Crippen LogP contribution in [0, 0.1) is 28.6 Å². The minimum Gasteiger partial charge on any atom is -0.353 e.